The molecule has 0 N–H and O–H groups in total. The van der Waals surface area contributed by atoms with Gasteiger partial charge in [0.25, 0.3) is 0 Å². The highest BCUT2D eigenvalue weighted by molar-refractivity contribution is 7.12. The number of aryl methyl sites for hydroxylation is 2. The summed E-state index contributed by atoms with van der Waals surface area (Å²) in [6.07, 6.45) is 0. The number of rotatable bonds is 4. The summed E-state index contributed by atoms with van der Waals surface area (Å²) < 4.78 is 8.32. The first-order valence-electron chi connectivity index (χ1n) is 6.41. The molecule has 7 heteroatoms. The van der Waals surface area contributed by atoms with Gasteiger partial charge in [-0.2, -0.15) is 4.68 Å². The minimum Gasteiger partial charge on any atom is -0.489 e. The normalized spacial score (nSPS) is 10.8. The van der Waals surface area contributed by atoms with E-state index in [0.29, 0.717) is 6.61 Å². The summed E-state index contributed by atoms with van der Waals surface area (Å²) in [5.41, 5.74) is 1.71. The Bertz CT molecular complexity index is 818. The predicted molar refractivity (Wildman–Crippen MR) is 80.0 cm³/mol. The number of tetrazole rings is 1. The Balaban J connectivity index is 1.85. The Labute approximate surface area is 125 Å². The standard InChI is InChI=1S/C14H14N4O2S/c1-10-5-3-4-6-12(10)20-9-11-7-8-21-13(11)18-14(19)17(2)15-16-18/h3-8H,9H2,1-2H3. The summed E-state index contributed by atoms with van der Waals surface area (Å²) in [4.78, 5) is 11.9. The monoisotopic (exact) mass is 302 g/mol. The lowest BCUT2D eigenvalue weighted by Crippen LogP contribution is -2.22. The average Bonchev–Trinajstić information content (AvgIpc) is 3.06. The molecule has 0 aliphatic carbocycles. The van der Waals surface area contributed by atoms with E-state index < -0.39 is 0 Å². The van der Waals surface area contributed by atoms with Gasteiger partial charge in [-0.1, -0.05) is 18.2 Å². The number of thiophene rings is 1. The molecular weight excluding hydrogens is 288 g/mol. The number of hydrogen-bond donors (Lipinski definition) is 0. The number of ether oxygens (including phenoxy) is 1. The molecule has 1 aromatic carbocycles. The molecule has 0 fully saturated rings. The fourth-order valence-corrected chi connectivity index (χ4v) is 2.79. The lowest BCUT2D eigenvalue weighted by atomic mass is 10.2. The number of benzene rings is 1. The molecule has 3 rings (SSSR count). The van der Waals surface area contributed by atoms with Crippen LogP contribution in [0.2, 0.25) is 0 Å². The number of para-hydroxylation sites is 1. The SMILES string of the molecule is Cc1ccccc1OCc1ccsc1-n1nnn(C)c1=O. The van der Waals surface area contributed by atoms with Crippen molar-refractivity contribution in [2.45, 2.75) is 13.5 Å². The van der Waals surface area contributed by atoms with Crippen molar-refractivity contribution in [1.82, 2.24) is 19.8 Å². The van der Waals surface area contributed by atoms with Crippen LogP contribution in [-0.2, 0) is 13.7 Å². The summed E-state index contributed by atoms with van der Waals surface area (Å²) >= 11 is 1.44. The second-order valence-electron chi connectivity index (χ2n) is 4.60. The van der Waals surface area contributed by atoms with Crippen molar-refractivity contribution in [1.29, 1.82) is 0 Å². The summed E-state index contributed by atoms with van der Waals surface area (Å²) in [7, 11) is 1.57. The van der Waals surface area contributed by atoms with Gasteiger partial charge < -0.3 is 4.74 Å². The zero-order chi connectivity index (χ0) is 14.8. The third-order valence-electron chi connectivity index (χ3n) is 3.11. The predicted octanol–water partition coefficient (Wildman–Crippen LogP) is 1.91. The van der Waals surface area contributed by atoms with Crippen molar-refractivity contribution in [2.75, 3.05) is 0 Å². The quantitative estimate of drug-likeness (QED) is 0.738. The van der Waals surface area contributed by atoms with Crippen LogP contribution in [0.25, 0.3) is 5.00 Å². The van der Waals surface area contributed by atoms with Crippen molar-refractivity contribution >= 4 is 11.3 Å². The van der Waals surface area contributed by atoms with Gasteiger partial charge in [-0.25, -0.2) is 4.79 Å². The molecule has 0 aliphatic heterocycles. The topological polar surface area (TPSA) is 61.9 Å². The molecule has 3 aromatic rings. The molecule has 0 bridgehead atoms. The van der Waals surface area contributed by atoms with Gasteiger partial charge >= 0.3 is 5.69 Å². The molecule has 108 valence electrons. The van der Waals surface area contributed by atoms with E-state index in [1.54, 1.807) is 7.05 Å². The maximum absolute atomic E-state index is 11.9. The smallest absolute Gasteiger partial charge is 0.368 e. The van der Waals surface area contributed by atoms with Gasteiger partial charge in [-0.15, -0.1) is 16.0 Å². The van der Waals surface area contributed by atoms with E-state index in [-0.39, 0.29) is 5.69 Å². The maximum atomic E-state index is 11.9. The first-order valence-corrected chi connectivity index (χ1v) is 7.29. The highest BCUT2D eigenvalue weighted by atomic mass is 32.1. The largest absolute Gasteiger partial charge is 0.489 e. The molecular formula is C14H14N4O2S. The van der Waals surface area contributed by atoms with Crippen molar-refractivity contribution in [2.24, 2.45) is 7.05 Å². The summed E-state index contributed by atoms with van der Waals surface area (Å²) in [6.45, 7) is 2.38. The Kier molecular flexibility index (Phi) is 3.57. The van der Waals surface area contributed by atoms with Crippen LogP contribution in [0.3, 0.4) is 0 Å². The van der Waals surface area contributed by atoms with E-state index >= 15 is 0 Å². The number of nitrogens with zero attached hydrogens (tertiary/aromatic N) is 4. The fourth-order valence-electron chi connectivity index (χ4n) is 1.94. The van der Waals surface area contributed by atoms with E-state index in [1.165, 1.54) is 20.7 Å². The second-order valence-corrected chi connectivity index (χ2v) is 5.50. The van der Waals surface area contributed by atoms with E-state index in [9.17, 15) is 4.79 Å². The minimum absolute atomic E-state index is 0.269. The van der Waals surface area contributed by atoms with Crippen LogP contribution in [0.15, 0.2) is 40.5 Å². The van der Waals surface area contributed by atoms with Crippen LogP contribution in [0.1, 0.15) is 11.1 Å². The molecule has 2 heterocycles. The van der Waals surface area contributed by atoms with Crippen LogP contribution >= 0.6 is 11.3 Å². The van der Waals surface area contributed by atoms with Crippen molar-refractivity contribution < 1.29 is 4.74 Å². The molecule has 21 heavy (non-hydrogen) atoms. The molecule has 6 nitrogen and oxygen atoms in total. The first kappa shape index (κ1) is 13.6. The van der Waals surface area contributed by atoms with Crippen molar-refractivity contribution in [3.8, 4) is 10.8 Å². The highest BCUT2D eigenvalue weighted by Crippen LogP contribution is 2.23. The first-order chi connectivity index (χ1) is 10.2. The molecule has 0 spiro atoms. The van der Waals surface area contributed by atoms with Crippen LogP contribution in [0.5, 0.6) is 5.75 Å². The van der Waals surface area contributed by atoms with E-state index in [0.717, 1.165) is 21.9 Å². The van der Waals surface area contributed by atoms with Crippen molar-refractivity contribution in [3.63, 3.8) is 0 Å². The Morgan fingerprint density at radius 2 is 2.05 bits per heavy atom. The van der Waals surface area contributed by atoms with Gasteiger partial charge in [-0.3, -0.25) is 0 Å². The van der Waals surface area contributed by atoms with E-state index in [4.69, 9.17) is 4.74 Å². The molecule has 0 saturated heterocycles. The van der Waals surface area contributed by atoms with Gasteiger partial charge in [0, 0.05) is 12.6 Å². The second kappa shape index (κ2) is 5.53. The lowest BCUT2D eigenvalue weighted by Gasteiger charge is -2.08. The molecule has 0 unspecified atom stereocenters. The summed E-state index contributed by atoms with van der Waals surface area (Å²) in [6, 6.07) is 9.76. The van der Waals surface area contributed by atoms with Crippen LogP contribution < -0.4 is 10.4 Å². The average molecular weight is 302 g/mol. The van der Waals surface area contributed by atoms with Crippen LogP contribution in [0.4, 0.5) is 0 Å². The Morgan fingerprint density at radius 3 is 2.76 bits per heavy atom. The van der Waals surface area contributed by atoms with Crippen LogP contribution in [-0.4, -0.2) is 19.8 Å². The zero-order valence-electron chi connectivity index (χ0n) is 11.7. The number of hydrogen-bond acceptors (Lipinski definition) is 5. The molecule has 0 amide bonds. The summed E-state index contributed by atoms with van der Waals surface area (Å²) in [5.74, 6) is 0.834. The number of aromatic nitrogens is 4. The van der Waals surface area contributed by atoms with E-state index in [2.05, 4.69) is 10.4 Å². The molecule has 2 aromatic heterocycles. The highest BCUT2D eigenvalue weighted by Gasteiger charge is 2.13. The molecule has 0 radical (unpaired) electrons. The Hall–Kier alpha value is -2.41. The minimum atomic E-state index is -0.269. The third-order valence-corrected chi connectivity index (χ3v) is 4.04. The molecule has 0 saturated carbocycles. The maximum Gasteiger partial charge on any atom is 0.368 e. The molecule has 0 atom stereocenters. The van der Waals surface area contributed by atoms with Gasteiger partial charge in [0.05, 0.1) is 0 Å². The zero-order valence-corrected chi connectivity index (χ0v) is 12.5. The third kappa shape index (κ3) is 2.59. The van der Waals surface area contributed by atoms with Gasteiger partial charge in [0.2, 0.25) is 0 Å². The van der Waals surface area contributed by atoms with Gasteiger partial charge in [0.15, 0.2) is 0 Å². The van der Waals surface area contributed by atoms with Gasteiger partial charge in [0.1, 0.15) is 17.4 Å². The molecule has 0 aliphatic rings. The van der Waals surface area contributed by atoms with Crippen LogP contribution in [0, 0.1) is 6.92 Å². The van der Waals surface area contributed by atoms with E-state index in [1.807, 2.05) is 42.6 Å². The Morgan fingerprint density at radius 1 is 1.24 bits per heavy atom. The van der Waals surface area contributed by atoms with Gasteiger partial charge in [-0.05, 0) is 40.4 Å². The summed E-state index contributed by atoms with van der Waals surface area (Å²) in [5, 5.41) is 10.2. The lowest BCUT2D eigenvalue weighted by molar-refractivity contribution is 0.304. The van der Waals surface area contributed by atoms with Crippen molar-refractivity contribution in [3.05, 3.63) is 57.3 Å². The fraction of sp³-hybridized carbons (Fsp3) is 0.214.